The molecule has 0 spiro atoms. The molecule has 1 saturated heterocycles. The molecule has 1 heterocycles. The Labute approximate surface area is 121 Å². The van der Waals surface area contributed by atoms with Crippen LogP contribution in [0.1, 0.15) is 12.8 Å². The van der Waals surface area contributed by atoms with E-state index in [9.17, 15) is 23.3 Å². The SMILES string of the molecule is O=C(O)N1CCC(S(=O)(=O)c2ccc([N+](=O)[O-])cc2)CC1. The summed E-state index contributed by atoms with van der Waals surface area (Å²) in [6.45, 7) is 0.346. The monoisotopic (exact) mass is 314 g/mol. The second-order valence-electron chi connectivity index (χ2n) is 4.77. The molecule has 1 amide bonds. The van der Waals surface area contributed by atoms with Gasteiger partial charge < -0.3 is 10.0 Å². The highest BCUT2D eigenvalue weighted by atomic mass is 32.2. The van der Waals surface area contributed by atoms with E-state index in [1.165, 1.54) is 17.0 Å². The van der Waals surface area contributed by atoms with Crippen LogP contribution in [-0.2, 0) is 9.84 Å². The lowest BCUT2D eigenvalue weighted by Crippen LogP contribution is -2.41. The molecule has 0 bridgehead atoms. The Morgan fingerprint density at radius 1 is 1.24 bits per heavy atom. The molecule has 8 nitrogen and oxygen atoms in total. The molecule has 0 aromatic heterocycles. The number of hydrogen-bond acceptors (Lipinski definition) is 5. The van der Waals surface area contributed by atoms with Crippen LogP contribution in [-0.4, -0.2) is 47.8 Å². The van der Waals surface area contributed by atoms with E-state index in [2.05, 4.69) is 0 Å². The predicted octanol–water partition coefficient (Wildman–Crippen LogP) is 1.51. The number of nitrogens with zero attached hydrogens (tertiary/aromatic N) is 2. The standard InChI is InChI=1S/C12H14N2O6S/c15-12(16)13-7-5-11(6-8-13)21(19,20)10-3-1-9(2-4-10)14(17)18/h1-4,11H,5-8H2,(H,15,16). The Hall–Kier alpha value is -2.16. The number of piperidine rings is 1. The van der Waals surface area contributed by atoms with E-state index in [-0.39, 0.29) is 36.5 Å². The number of likely N-dealkylation sites (tertiary alicyclic amines) is 1. The number of carboxylic acid groups (broad SMARTS) is 1. The number of amides is 1. The minimum absolute atomic E-state index is 0.0295. The average Bonchev–Trinajstić information content (AvgIpc) is 2.47. The van der Waals surface area contributed by atoms with Gasteiger partial charge in [-0.05, 0) is 25.0 Å². The highest BCUT2D eigenvalue weighted by Gasteiger charge is 2.32. The van der Waals surface area contributed by atoms with Crippen molar-refractivity contribution < 1.29 is 23.2 Å². The number of nitro benzene ring substituents is 1. The van der Waals surface area contributed by atoms with Gasteiger partial charge in [0.15, 0.2) is 9.84 Å². The summed E-state index contributed by atoms with van der Waals surface area (Å²) in [5, 5.41) is 18.7. The lowest BCUT2D eigenvalue weighted by molar-refractivity contribution is -0.384. The van der Waals surface area contributed by atoms with Crippen molar-refractivity contribution >= 4 is 21.6 Å². The molecule has 0 saturated carbocycles. The summed E-state index contributed by atoms with van der Waals surface area (Å²) in [6.07, 6.45) is -0.599. The van der Waals surface area contributed by atoms with Gasteiger partial charge in [0.2, 0.25) is 0 Å². The van der Waals surface area contributed by atoms with E-state index >= 15 is 0 Å². The van der Waals surface area contributed by atoms with Crippen LogP contribution in [0.3, 0.4) is 0 Å². The molecule has 0 radical (unpaired) electrons. The van der Waals surface area contributed by atoms with Crippen LogP contribution in [0.25, 0.3) is 0 Å². The van der Waals surface area contributed by atoms with E-state index in [4.69, 9.17) is 5.11 Å². The van der Waals surface area contributed by atoms with E-state index < -0.39 is 26.1 Å². The van der Waals surface area contributed by atoms with Gasteiger partial charge in [-0.2, -0.15) is 0 Å². The second-order valence-corrected chi connectivity index (χ2v) is 6.99. The molecule has 9 heteroatoms. The van der Waals surface area contributed by atoms with Crippen molar-refractivity contribution in [3.05, 3.63) is 34.4 Å². The molecular formula is C12H14N2O6S. The highest BCUT2D eigenvalue weighted by molar-refractivity contribution is 7.92. The number of benzene rings is 1. The summed E-state index contributed by atoms with van der Waals surface area (Å²) in [6, 6.07) is 4.74. The lowest BCUT2D eigenvalue weighted by atomic mass is 10.1. The maximum absolute atomic E-state index is 12.4. The van der Waals surface area contributed by atoms with Crippen molar-refractivity contribution in [2.24, 2.45) is 0 Å². The fourth-order valence-corrected chi connectivity index (χ4v) is 4.04. The Balaban J connectivity index is 2.15. The summed E-state index contributed by atoms with van der Waals surface area (Å²) in [5.74, 6) is 0. The zero-order chi connectivity index (χ0) is 15.6. The van der Waals surface area contributed by atoms with Crippen LogP contribution in [0.2, 0.25) is 0 Å². The number of rotatable bonds is 3. The Morgan fingerprint density at radius 2 is 1.76 bits per heavy atom. The van der Waals surface area contributed by atoms with Crippen LogP contribution in [0.15, 0.2) is 29.2 Å². The Kier molecular flexibility index (Phi) is 4.12. The predicted molar refractivity (Wildman–Crippen MR) is 72.9 cm³/mol. The van der Waals surface area contributed by atoms with Gasteiger partial charge in [0.25, 0.3) is 5.69 Å². The summed E-state index contributed by atoms with van der Waals surface area (Å²) >= 11 is 0. The third-order valence-electron chi connectivity index (χ3n) is 3.53. The molecule has 1 aromatic rings. The van der Waals surface area contributed by atoms with Gasteiger partial charge >= 0.3 is 6.09 Å². The molecular weight excluding hydrogens is 300 g/mol. The van der Waals surface area contributed by atoms with Gasteiger partial charge in [-0.25, -0.2) is 13.2 Å². The minimum atomic E-state index is -3.60. The van der Waals surface area contributed by atoms with Crippen LogP contribution in [0.5, 0.6) is 0 Å². The van der Waals surface area contributed by atoms with E-state index in [0.717, 1.165) is 12.1 Å². The molecule has 2 rings (SSSR count). The Morgan fingerprint density at radius 3 is 2.19 bits per heavy atom. The number of hydrogen-bond donors (Lipinski definition) is 1. The first-order valence-electron chi connectivity index (χ1n) is 6.28. The topological polar surface area (TPSA) is 118 Å². The van der Waals surface area contributed by atoms with E-state index in [0.29, 0.717) is 0 Å². The van der Waals surface area contributed by atoms with Crippen LogP contribution in [0, 0.1) is 10.1 Å². The number of sulfone groups is 1. The molecule has 1 aliphatic heterocycles. The number of non-ortho nitro benzene ring substituents is 1. The molecule has 21 heavy (non-hydrogen) atoms. The van der Waals surface area contributed by atoms with Gasteiger partial charge in [-0.1, -0.05) is 0 Å². The zero-order valence-electron chi connectivity index (χ0n) is 11.0. The van der Waals surface area contributed by atoms with Crippen LogP contribution < -0.4 is 0 Å². The van der Waals surface area contributed by atoms with Crippen LogP contribution >= 0.6 is 0 Å². The van der Waals surface area contributed by atoms with Crippen molar-refractivity contribution in [2.75, 3.05) is 13.1 Å². The van der Waals surface area contributed by atoms with Crippen LogP contribution in [0.4, 0.5) is 10.5 Å². The third kappa shape index (κ3) is 3.13. The van der Waals surface area contributed by atoms with Gasteiger partial charge in [-0.3, -0.25) is 10.1 Å². The molecule has 1 aliphatic rings. The van der Waals surface area contributed by atoms with Crippen molar-refractivity contribution in [3.63, 3.8) is 0 Å². The third-order valence-corrected chi connectivity index (χ3v) is 5.81. The zero-order valence-corrected chi connectivity index (χ0v) is 11.8. The van der Waals surface area contributed by atoms with Gasteiger partial charge in [-0.15, -0.1) is 0 Å². The fourth-order valence-electron chi connectivity index (χ4n) is 2.31. The smallest absolute Gasteiger partial charge is 0.407 e. The highest BCUT2D eigenvalue weighted by Crippen LogP contribution is 2.26. The first kappa shape index (κ1) is 15.2. The molecule has 0 unspecified atom stereocenters. The largest absolute Gasteiger partial charge is 0.465 e. The maximum atomic E-state index is 12.4. The fraction of sp³-hybridized carbons (Fsp3) is 0.417. The van der Waals surface area contributed by atoms with Gasteiger partial charge in [0.05, 0.1) is 15.1 Å². The quantitative estimate of drug-likeness (QED) is 0.667. The average molecular weight is 314 g/mol. The maximum Gasteiger partial charge on any atom is 0.407 e. The summed E-state index contributed by atoms with van der Waals surface area (Å²) < 4.78 is 24.8. The summed E-state index contributed by atoms with van der Waals surface area (Å²) in [7, 11) is -3.60. The molecule has 1 fully saturated rings. The number of carbonyl (C=O) groups is 1. The molecule has 0 atom stereocenters. The van der Waals surface area contributed by atoms with E-state index in [1.807, 2.05) is 0 Å². The number of nitro groups is 1. The molecule has 114 valence electrons. The van der Waals surface area contributed by atoms with Crippen molar-refractivity contribution in [1.29, 1.82) is 0 Å². The second kappa shape index (κ2) is 5.68. The van der Waals surface area contributed by atoms with Gasteiger partial charge in [0.1, 0.15) is 0 Å². The van der Waals surface area contributed by atoms with Crippen molar-refractivity contribution in [2.45, 2.75) is 23.0 Å². The molecule has 0 aliphatic carbocycles. The van der Waals surface area contributed by atoms with Crippen molar-refractivity contribution in [1.82, 2.24) is 4.90 Å². The molecule has 1 aromatic carbocycles. The Bertz CT molecular complexity index is 647. The first-order valence-corrected chi connectivity index (χ1v) is 7.83. The summed E-state index contributed by atoms with van der Waals surface area (Å²) in [4.78, 5) is 22.0. The van der Waals surface area contributed by atoms with Gasteiger partial charge in [0, 0.05) is 25.2 Å². The summed E-state index contributed by atoms with van der Waals surface area (Å²) in [5.41, 5.74) is -0.172. The first-order chi connectivity index (χ1) is 9.82. The van der Waals surface area contributed by atoms with Crippen molar-refractivity contribution in [3.8, 4) is 0 Å². The lowest BCUT2D eigenvalue weighted by Gasteiger charge is -2.29. The normalized spacial score (nSPS) is 16.7. The molecule has 1 N–H and O–H groups in total. The minimum Gasteiger partial charge on any atom is -0.465 e. The van der Waals surface area contributed by atoms with E-state index in [1.54, 1.807) is 0 Å².